The standard InChI is InChI=1S/C19H24O5/c1-9-5-12(7-13(6-9)24-4)15-8-14-16(20)10(2)11(3)19(15,17(14)21)18(22)23/h5-7,14-17,20-21H,8H2,1-4H3,(H,22,23). The zero-order valence-corrected chi connectivity index (χ0v) is 14.4. The topological polar surface area (TPSA) is 87.0 Å². The predicted molar refractivity (Wildman–Crippen MR) is 89.0 cm³/mol. The number of rotatable bonds is 3. The highest BCUT2D eigenvalue weighted by atomic mass is 16.5. The van der Waals surface area contributed by atoms with Gasteiger partial charge < -0.3 is 20.1 Å². The molecule has 2 aliphatic rings. The number of ether oxygens (including phenoxy) is 1. The molecule has 0 heterocycles. The molecule has 5 atom stereocenters. The number of aliphatic hydroxyl groups is 2. The lowest BCUT2D eigenvalue weighted by Crippen LogP contribution is -2.50. The summed E-state index contributed by atoms with van der Waals surface area (Å²) in [7, 11) is 1.58. The predicted octanol–water partition coefficient (Wildman–Crippen LogP) is 2.25. The van der Waals surface area contributed by atoms with Gasteiger partial charge in [0, 0.05) is 11.8 Å². The minimum atomic E-state index is -1.40. The largest absolute Gasteiger partial charge is 0.497 e. The molecule has 1 aromatic rings. The normalized spacial score (nSPS) is 35.2. The zero-order valence-electron chi connectivity index (χ0n) is 14.4. The Balaban J connectivity index is 2.23. The highest BCUT2D eigenvalue weighted by Gasteiger charge is 2.65. The lowest BCUT2D eigenvalue weighted by molar-refractivity contribution is -0.155. The van der Waals surface area contributed by atoms with Gasteiger partial charge >= 0.3 is 5.97 Å². The van der Waals surface area contributed by atoms with Crippen molar-refractivity contribution in [2.45, 2.75) is 45.3 Å². The van der Waals surface area contributed by atoms with Gasteiger partial charge in [-0.05, 0) is 56.0 Å². The number of methoxy groups -OCH3 is 1. The first-order chi connectivity index (χ1) is 11.2. The van der Waals surface area contributed by atoms with Crippen LogP contribution < -0.4 is 4.74 Å². The Hall–Kier alpha value is -1.85. The summed E-state index contributed by atoms with van der Waals surface area (Å²) in [6, 6.07) is 5.67. The first-order valence-corrected chi connectivity index (χ1v) is 8.18. The molecular formula is C19H24O5. The number of hydrogen-bond acceptors (Lipinski definition) is 4. The summed E-state index contributed by atoms with van der Waals surface area (Å²) in [5.74, 6) is -1.25. The highest BCUT2D eigenvalue weighted by molar-refractivity contribution is 5.83. The van der Waals surface area contributed by atoms with Gasteiger partial charge in [-0.3, -0.25) is 4.79 Å². The van der Waals surface area contributed by atoms with Crippen LogP contribution in [0.25, 0.3) is 0 Å². The van der Waals surface area contributed by atoms with Gasteiger partial charge in [0.1, 0.15) is 11.2 Å². The van der Waals surface area contributed by atoms with Crippen LogP contribution in [-0.4, -0.2) is 40.6 Å². The van der Waals surface area contributed by atoms with Gasteiger partial charge in [0.15, 0.2) is 0 Å². The van der Waals surface area contributed by atoms with Crippen LogP contribution >= 0.6 is 0 Å². The Morgan fingerprint density at radius 3 is 2.46 bits per heavy atom. The molecular weight excluding hydrogens is 308 g/mol. The van der Waals surface area contributed by atoms with Crippen molar-refractivity contribution in [3.8, 4) is 5.75 Å². The molecule has 0 amide bonds. The van der Waals surface area contributed by atoms with E-state index >= 15 is 0 Å². The Morgan fingerprint density at radius 2 is 1.88 bits per heavy atom. The SMILES string of the molecule is COc1cc(C)cc(C2CC3C(O)C(C)=C(C)C2(C(=O)O)C3O)c1. The molecule has 1 aromatic carbocycles. The molecule has 0 radical (unpaired) electrons. The zero-order chi connectivity index (χ0) is 17.8. The third kappa shape index (κ3) is 2.04. The number of carboxylic acids is 1. The molecule has 5 heteroatoms. The number of aliphatic hydroxyl groups excluding tert-OH is 2. The Bertz CT molecular complexity index is 722. The maximum atomic E-state index is 12.3. The van der Waals surface area contributed by atoms with Crippen LogP contribution in [0.3, 0.4) is 0 Å². The second-order valence-corrected chi connectivity index (χ2v) is 7.11. The second-order valence-electron chi connectivity index (χ2n) is 7.11. The smallest absolute Gasteiger partial charge is 0.317 e. The monoisotopic (exact) mass is 332 g/mol. The summed E-state index contributed by atoms with van der Waals surface area (Å²) >= 11 is 0. The average Bonchev–Trinajstić information content (AvgIpc) is 2.81. The van der Waals surface area contributed by atoms with Crippen LogP contribution in [0.15, 0.2) is 29.3 Å². The maximum Gasteiger partial charge on any atom is 0.317 e. The molecule has 0 aliphatic heterocycles. The van der Waals surface area contributed by atoms with Crippen LogP contribution in [0.1, 0.15) is 37.3 Å². The highest BCUT2D eigenvalue weighted by Crippen LogP contribution is 2.61. The maximum absolute atomic E-state index is 12.3. The van der Waals surface area contributed by atoms with Crippen LogP contribution in [-0.2, 0) is 4.79 Å². The van der Waals surface area contributed by atoms with E-state index in [0.717, 1.165) is 11.1 Å². The fourth-order valence-electron chi connectivity index (χ4n) is 4.72. The van der Waals surface area contributed by atoms with E-state index < -0.39 is 35.4 Å². The summed E-state index contributed by atoms with van der Waals surface area (Å²) in [5, 5.41) is 31.4. The second kappa shape index (κ2) is 5.60. The number of aliphatic carboxylic acids is 1. The van der Waals surface area contributed by atoms with Gasteiger partial charge in [-0.2, -0.15) is 0 Å². The van der Waals surface area contributed by atoms with E-state index in [-0.39, 0.29) is 0 Å². The lowest BCUT2D eigenvalue weighted by Gasteiger charge is -2.41. The number of carbonyl (C=O) groups is 1. The van der Waals surface area contributed by atoms with Crippen LogP contribution in [0, 0.1) is 18.3 Å². The third-order valence-corrected chi connectivity index (χ3v) is 6.06. The van der Waals surface area contributed by atoms with Crippen LogP contribution in [0.4, 0.5) is 0 Å². The fraction of sp³-hybridized carbons (Fsp3) is 0.526. The molecule has 2 bridgehead atoms. The summed E-state index contributed by atoms with van der Waals surface area (Å²) in [6.45, 7) is 5.41. The van der Waals surface area contributed by atoms with Crippen molar-refractivity contribution in [2.75, 3.05) is 7.11 Å². The van der Waals surface area contributed by atoms with Crippen LogP contribution in [0.2, 0.25) is 0 Å². The molecule has 1 saturated carbocycles. The van der Waals surface area contributed by atoms with Gasteiger partial charge in [-0.15, -0.1) is 0 Å². The molecule has 0 spiro atoms. The molecule has 0 aromatic heterocycles. The lowest BCUT2D eigenvalue weighted by atomic mass is 9.64. The summed E-state index contributed by atoms with van der Waals surface area (Å²) in [6.07, 6.45) is -1.48. The molecule has 5 unspecified atom stereocenters. The molecule has 3 N–H and O–H groups in total. The minimum absolute atomic E-state index is 0.407. The molecule has 0 saturated heterocycles. The number of fused-ring (bicyclic) bond motifs is 2. The summed E-state index contributed by atoms with van der Waals surface area (Å²) in [5.41, 5.74) is 1.63. The van der Waals surface area contributed by atoms with E-state index in [4.69, 9.17) is 4.74 Å². The van der Waals surface area contributed by atoms with E-state index in [0.29, 0.717) is 23.3 Å². The third-order valence-electron chi connectivity index (χ3n) is 6.06. The Kier molecular flexibility index (Phi) is 3.97. The molecule has 1 fully saturated rings. The Labute approximate surface area is 141 Å². The van der Waals surface area contributed by atoms with E-state index in [1.165, 1.54) is 0 Å². The van der Waals surface area contributed by atoms with Crippen molar-refractivity contribution >= 4 is 5.97 Å². The van der Waals surface area contributed by atoms with Gasteiger partial charge in [-0.25, -0.2) is 0 Å². The van der Waals surface area contributed by atoms with Crippen molar-refractivity contribution in [1.29, 1.82) is 0 Å². The molecule has 3 rings (SSSR count). The molecule has 24 heavy (non-hydrogen) atoms. The van der Waals surface area contributed by atoms with Gasteiger partial charge in [0.2, 0.25) is 0 Å². The number of hydrogen-bond donors (Lipinski definition) is 3. The first kappa shape index (κ1) is 17.0. The van der Waals surface area contributed by atoms with Crippen molar-refractivity contribution < 1.29 is 24.9 Å². The summed E-state index contributed by atoms with van der Waals surface area (Å²) in [4.78, 5) is 12.3. The van der Waals surface area contributed by atoms with Crippen molar-refractivity contribution in [2.24, 2.45) is 11.3 Å². The molecule has 5 nitrogen and oxygen atoms in total. The number of carboxylic acid groups (broad SMARTS) is 1. The van der Waals surface area contributed by atoms with Gasteiger partial charge in [-0.1, -0.05) is 11.6 Å². The quantitative estimate of drug-likeness (QED) is 0.739. The summed E-state index contributed by atoms with van der Waals surface area (Å²) < 4.78 is 5.32. The van der Waals surface area contributed by atoms with Gasteiger partial charge in [0.05, 0.1) is 19.3 Å². The number of benzene rings is 1. The van der Waals surface area contributed by atoms with Crippen molar-refractivity contribution in [3.63, 3.8) is 0 Å². The van der Waals surface area contributed by atoms with Crippen molar-refractivity contribution in [1.82, 2.24) is 0 Å². The van der Waals surface area contributed by atoms with E-state index in [2.05, 4.69) is 0 Å². The molecule has 130 valence electrons. The van der Waals surface area contributed by atoms with E-state index in [1.807, 2.05) is 25.1 Å². The van der Waals surface area contributed by atoms with E-state index in [1.54, 1.807) is 21.0 Å². The van der Waals surface area contributed by atoms with E-state index in [9.17, 15) is 20.1 Å². The minimum Gasteiger partial charge on any atom is -0.497 e. The first-order valence-electron chi connectivity index (χ1n) is 8.18. The molecule has 2 aliphatic carbocycles. The Morgan fingerprint density at radius 1 is 1.21 bits per heavy atom. The fourth-order valence-corrected chi connectivity index (χ4v) is 4.72. The van der Waals surface area contributed by atoms with Crippen LogP contribution in [0.5, 0.6) is 5.75 Å². The average molecular weight is 332 g/mol. The van der Waals surface area contributed by atoms with Gasteiger partial charge in [0.25, 0.3) is 0 Å². The van der Waals surface area contributed by atoms with Crippen molar-refractivity contribution in [3.05, 3.63) is 40.5 Å². The number of aryl methyl sites for hydroxylation is 1.